The Morgan fingerprint density at radius 3 is 2.78 bits per heavy atom. The van der Waals surface area contributed by atoms with Crippen LogP contribution in [0.25, 0.3) is 0 Å². The molecular weight excluding hydrogens is 298 g/mol. The van der Waals surface area contributed by atoms with Crippen molar-refractivity contribution in [3.63, 3.8) is 0 Å². The van der Waals surface area contributed by atoms with Crippen molar-refractivity contribution < 1.29 is 24.9 Å². The van der Waals surface area contributed by atoms with Crippen LogP contribution >= 0.6 is 0 Å². The van der Waals surface area contributed by atoms with Gasteiger partial charge < -0.3 is 14.8 Å². The van der Waals surface area contributed by atoms with E-state index in [4.69, 9.17) is 10.5 Å². The normalized spacial score (nSPS) is 39.9. The van der Waals surface area contributed by atoms with E-state index < -0.39 is 11.3 Å². The van der Waals surface area contributed by atoms with Crippen LogP contribution in [0.5, 0.6) is 0 Å². The van der Waals surface area contributed by atoms with Crippen LogP contribution < -0.4 is 15.9 Å². The van der Waals surface area contributed by atoms with E-state index in [9.17, 15) is 15.2 Å². The molecule has 1 aliphatic heterocycles. The van der Waals surface area contributed by atoms with Crippen molar-refractivity contribution in [1.82, 2.24) is 0 Å². The predicted molar refractivity (Wildman–Crippen MR) is 84.7 cm³/mol. The summed E-state index contributed by atoms with van der Waals surface area (Å²) in [5.41, 5.74) is 6.15. The highest BCUT2D eigenvalue weighted by molar-refractivity contribution is 5.82. The van der Waals surface area contributed by atoms with Crippen molar-refractivity contribution in [2.45, 2.75) is 64.3 Å². The Kier molecular flexibility index (Phi) is 6.94. The number of carbonyl (C=O) groups excluding carboxylic acids is 1. The van der Waals surface area contributed by atoms with Gasteiger partial charge in [0.05, 0.1) is 6.54 Å². The second-order valence-corrected chi connectivity index (χ2v) is 7.24. The van der Waals surface area contributed by atoms with Gasteiger partial charge in [0.1, 0.15) is 24.9 Å². The third kappa shape index (κ3) is 4.95. The average molecular weight is 330 g/mol. The van der Waals surface area contributed by atoms with E-state index in [1.54, 1.807) is 0 Å². The molecule has 0 bridgehead atoms. The third-order valence-corrected chi connectivity index (χ3v) is 5.45. The Morgan fingerprint density at radius 1 is 1.39 bits per heavy atom. The van der Waals surface area contributed by atoms with Gasteiger partial charge in [0, 0.05) is 31.3 Å². The molecule has 2 aliphatic rings. The van der Waals surface area contributed by atoms with Crippen molar-refractivity contribution >= 4 is 5.78 Å². The van der Waals surface area contributed by atoms with E-state index in [1.165, 1.54) is 0 Å². The Balaban J connectivity index is 1.92. The fourth-order valence-electron chi connectivity index (χ4n) is 4.05. The smallest absolute Gasteiger partial charge is 0.190 e. The molecule has 7 atom stereocenters. The van der Waals surface area contributed by atoms with Crippen molar-refractivity contribution in [2.75, 3.05) is 19.7 Å². The van der Waals surface area contributed by atoms with Crippen LogP contribution in [0, 0.1) is 17.0 Å². The molecule has 1 saturated heterocycles. The van der Waals surface area contributed by atoms with Crippen LogP contribution in [-0.2, 0) is 9.53 Å². The summed E-state index contributed by atoms with van der Waals surface area (Å²) in [5.74, 6) is 0.605. The number of nitrogens with two attached hydrogens (primary N) is 1. The minimum atomic E-state index is -0.850. The highest BCUT2D eigenvalue weighted by Crippen LogP contribution is 2.26. The second-order valence-electron chi connectivity index (χ2n) is 7.24. The summed E-state index contributed by atoms with van der Waals surface area (Å²) < 4.78 is 5.55. The summed E-state index contributed by atoms with van der Waals surface area (Å²) in [6.07, 6.45) is 3.63. The van der Waals surface area contributed by atoms with E-state index in [0.29, 0.717) is 31.9 Å². The van der Waals surface area contributed by atoms with E-state index in [-0.39, 0.29) is 24.0 Å². The molecule has 134 valence electrons. The summed E-state index contributed by atoms with van der Waals surface area (Å²) >= 11 is 0. The van der Waals surface area contributed by atoms with Crippen molar-refractivity contribution in [1.29, 1.82) is 0 Å². The number of quaternary nitrogens is 2. The van der Waals surface area contributed by atoms with Gasteiger partial charge >= 0.3 is 0 Å². The molecule has 0 aromatic carbocycles. The van der Waals surface area contributed by atoms with Crippen molar-refractivity contribution in [3.05, 3.63) is 5.21 Å². The zero-order chi connectivity index (χ0) is 17.0. The molecule has 0 radical (unpaired) electrons. The largest absolute Gasteiger partial charge is 0.600 e. The van der Waals surface area contributed by atoms with Crippen LogP contribution in [0.15, 0.2) is 0 Å². The quantitative estimate of drug-likeness (QED) is 0.444. The van der Waals surface area contributed by atoms with Crippen molar-refractivity contribution in [3.8, 4) is 0 Å². The van der Waals surface area contributed by atoms with Crippen LogP contribution in [0.3, 0.4) is 0 Å². The number of ketones is 1. The van der Waals surface area contributed by atoms with Crippen LogP contribution in [-0.4, -0.2) is 49.0 Å². The minimum absolute atomic E-state index is 0.0326. The Hall–Kier alpha value is -0.570. The average Bonchev–Trinajstić information content (AvgIpc) is 2.51. The lowest BCUT2D eigenvalue weighted by Crippen LogP contribution is -3.19. The maximum absolute atomic E-state index is 12.6. The maximum Gasteiger partial charge on any atom is 0.190 e. The number of carbonyl (C=O) groups is 1. The van der Waals surface area contributed by atoms with Gasteiger partial charge in [0.25, 0.3) is 0 Å². The first-order valence-electron chi connectivity index (χ1n) is 8.89. The summed E-state index contributed by atoms with van der Waals surface area (Å²) in [6.45, 7) is 5.95. The molecule has 0 spiro atoms. The molecule has 5 N–H and O–H groups in total. The monoisotopic (exact) mass is 330 g/mol. The van der Waals surface area contributed by atoms with Gasteiger partial charge in [-0.1, -0.05) is 6.92 Å². The lowest BCUT2D eigenvalue weighted by atomic mass is 9.81. The number of ether oxygens (including phenoxy) is 1. The molecule has 7 heteroatoms. The number of hydroxylamine groups is 2. The summed E-state index contributed by atoms with van der Waals surface area (Å²) in [5, 5.41) is 20.0. The lowest BCUT2D eigenvalue weighted by molar-refractivity contribution is -1.07. The summed E-state index contributed by atoms with van der Waals surface area (Å²) in [7, 11) is 0. The molecular formula is C16H32N3O4+. The minimum Gasteiger partial charge on any atom is -0.600 e. The van der Waals surface area contributed by atoms with Crippen molar-refractivity contribution in [2.24, 2.45) is 17.6 Å². The first-order chi connectivity index (χ1) is 10.9. The molecule has 1 heterocycles. The number of rotatable bonds is 6. The fourth-order valence-corrected chi connectivity index (χ4v) is 4.05. The molecule has 7 unspecified atom stereocenters. The molecule has 0 amide bonds. The number of hydrogen-bond donors (Lipinski definition) is 4. The first kappa shape index (κ1) is 18.8. The number of hydrogen-bond acceptors (Lipinski definition) is 5. The van der Waals surface area contributed by atoms with Gasteiger partial charge in [0.2, 0.25) is 0 Å². The van der Waals surface area contributed by atoms with Gasteiger partial charge in [-0.15, -0.1) is 0 Å². The molecule has 1 aliphatic carbocycles. The van der Waals surface area contributed by atoms with E-state index in [1.807, 2.05) is 6.92 Å². The van der Waals surface area contributed by atoms with Gasteiger partial charge in [-0.3, -0.25) is 10.5 Å². The van der Waals surface area contributed by atoms with Gasteiger partial charge in [-0.25, -0.2) is 10.4 Å². The fraction of sp³-hybridized carbons (Fsp3) is 0.938. The molecule has 23 heavy (non-hydrogen) atoms. The van der Waals surface area contributed by atoms with Crippen LogP contribution in [0.1, 0.15) is 46.0 Å². The van der Waals surface area contributed by atoms with Crippen LogP contribution in [0.4, 0.5) is 0 Å². The number of Topliss-reactive ketones (excluding diaryl/α,β-unsaturated/α-hetero) is 1. The van der Waals surface area contributed by atoms with E-state index >= 15 is 0 Å². The SMILES string of the molecule is CCOC1CCC(C(=O)C[NH+]2CC(C)CCC2N)CC1[NH+]([O-])O. The maximum atomic E-state index is 12.6. The van der Waals surface area contributed by atoms with Gasteiger partial charge in [0.15, 0.2) is 5.78 Å². The number of likely N-dealkylation sites (tertiary alicyclic amines) is 1. The van der Waals surface area contributed by atoms with E-state index in [2.05, 4.69) is 6.92 Å². The second kappa shape index (κ2) is 8.50. The molecule has 7 nitrogen and oxygen atoms in total. The molecule has 2 fully saturated rings. The highest BCUT2D eigenvalue weighted by Gasteiger charge is 2.40. The first-order valence-corrected chi connectivity index (χ1v) is 8.89. The number of piperidine rings is 1. The Labute approximate surface area is 138 Å². The topological polar surface area (TPSA) is 104 Å². The standard InChI is InChI=1S/C16H31N3O4/c1-3-23-15-6-5-12(8-13(15)19(21)22)14(20)10-18-9-11(2)4-7-16(18)17/h11-13,15-16,19,21H,3-10,17H2,1-2H3/p+1. The van der Waals surface area contributed by atoms with Gasteiger partial charge in [-0.2, -0.15) is 0 Å². The zero-order valence-electron chi connectivity index (χ0n) is 14.3. The Morgan fingerprint density at radius 2 is 2.13 bits per heavy atom. The molecule has 1 saturated carbocycles. The Bertz CT molecular complexity index is 394. The van der Waals surface area contributed by atoms with Gasteiger partial charge in [-0.05, 0) is 26.2 Å². The molecule has 0 aromatic rings. The lowest BCUT2D eigenvalue weighted by Gasteiger charge is -2.38. The third-order valence-electron chi connectivity index (χ3n) is 5.45. The van der Waals surface area contributed by atoms with E-state index in [0.717, 1.165) is 30.7 Å². The number of nitrogens with one attached hydrogen (secondary N) is 2. The molecule has 2 rings (SSSR count). The molecule has 0 aromatic heterocycles. The highest BCUT2D eigenvalue weighted by atomic mass is 16.8. The predicted octanol–water partition coefficient (Wildman–Crippen LogP) is -1.50. The summed E-state index contributed by atoms with van der Waals surface area (Å²) in [6, 6.07) is -0.568. The zero-order valence-corrected chi connectivity index (χ0v) is 14.3. The summed E-state index contributed by atoms with van der Waals surface area (Å²) in [4.78, 5) is 13.8. The van der Waals surface area contributed by atoms with Crippen LogP contribution in [0.2, 0.25) is 0 Å².